The van der Waals surface area contributed by atoms with Crippen molar-refractivity contribution in [3.63, 3.8) is 0 Å². The fourth-order valence-electron chi connectivity index (χ4n) is 2.81. The van der Waals surface area contributed by atoms with Gasteiger partial charge in [-0.3, -0.25) is 4.79 Å². The van der Waals surface area contributed by atoms with E-state index < -0.39 is 15.8 Å². The van der Waals surface area contributed by atoms with Crippen molar-refractivity contribution in [3.8, 4) is 5.75 Å². The molecule has 0 fully saturated rings. The van der Waals surface area contributed by atoms with Gasteiger partial charge in [-0.15, -0.1) is 0 Å². The van der Waals surface area contributed by atoms with Crippen molar-refractivity contribution in [2.24, 2.45) is 7.05 Å². The molecule has 0 saturated carbocycles. The first-order valence-corrected chi connectivity index (χ1v) is 8.79. The molecular weight excluding hydrogens is 335 g/mol. The third-order valence-corrected chi connectivity index (χ3v) is 5.99. The second kappa shape index (κ2) is 6.03. The first-order chi connectivity index (χ1) is 11.3. The van der Waals surface area contributed by atoms with E-state index in [4.69, 9.17) is 4.74 Å². The number of nitrogens with zero attached hydrogens (tertiary/aromatic N) is 2. The van der Waals surface area contributed by atoms with Crippen LogP contribution in [0, 0.1) is 5.82 Å². The van der Waals surface area contributed by atoms with Crippen molar-refractivity contribution in [3.05, 3.63) is 57.8 Å². The van der Waals surface area contributed by atoms with Gasteiger partial charge < -0.3 is 9.30 Å². The van der Waals surface area contributed by atoms with Gasteiger partial charge in [0.2, 0.25) is 10.0 Å². The van der Waals surface area contributed by atoms with E-state index in [0.717, 1.165) is 23.3 Å². The van der Waals surface area contributed by atoms with Crippen LogP contribution in [0.25, 0.3) is 0 Å². The third kappa shape index (κ3) is 2.83. The third-order valence-electron chi connectivity index (χ3n) is 4.13. The Balaban J connectivity index is 2.02. The molecule has 2 aromatic rings. The van der Waals surface area contributed by atoms with Crippen LogP contribution in [0.15, 0.2) is 40.2 Å². The van der Waals surface area contributed by atoms with Crippen molar-refractivity contribution in [1.29, 1.82) is 0 Å². The lowest BCUT2D eigenvalue weighted by Crippen LogP contribution is -2.37. The number of halogens is 1. The monoisotopic (exact) mass is 352 g/mol. The van der Waals surface area contributed by atoms with Gasteiger partial charge in [0, 0.05) is 32.4 Å². The molecule has 0 atom stereocenters. The van der Waals surface area contributed by atoms with Gasteiger partial charge in [0.25, 0.3) is 5.56 Å². The molecule has 0 unspecified atom stereocenters. The van der Waals surface area contributed by atoms with Crippen LogP contribution in [0.5, 0.6) is 5.75 Å². The van der Waals surface area contributed by atoms with Crippen LogP contribution in [0.2, 0.25) is 0 Å². The van der Waals surface area contributed by atoms with Gasteiger partial charge in [-0.25, -0.2) is 12.8 Å². The number of hydrogen-bond acceptors (Lipinski definition) is 4. The number of aryl methyl sites for hydroxylation is 1. The highest BCUT2D eigenvalue weighted by atomic mass is 32.2. The highest BCUT2D eigenvalue weighted by Crippen LogP contribution is 2.30. The van der Waals surface area contributed by atoms with E-state index in [9.17, 15) is 17.6 Å². The maximum absolute atomic E-state index is 13.5. The zero-order chi connectivity index (χ0) is 17.5. The zero-order valence-electron chi connectivity index (χ0n) is 13.3. The van der Waals surface area contributed by atoms with E-state index in [1.54, 1.807) is 13.2 Å². The van der Waals surface area contributed by atoms with E-state index in [1.807, 2.05) is 0 Å². The van der Waals surface area contributed by atoms with E-state index in [0.29, 0.717) is 6.42 Å². The SMILES string of the molecule is COc1ccc(F)cc1S(=O)(=O)N1CCc2cc(=O)n(C)cc2C1. The Hall–Kier alpha value is -2.19. The number of hydrogen-bond donors (Lipinski definition) is 0. The maximum Gasteiger partial charge on any atom is 0.250 e. The maximum atomic E-state index is 13.5. The molecule has 1 aliphatic heterocycles. The van der Waals surface area contributed by atoms with E-state index in [2.05, 4.69) is 0 Å². The minimum Gasteiger partial charge on any atom is -0.495 e. The number of aromatic nitrogens is 1. The van der Waals surface area contributed by atoms with Crippen LogP contribution < -0.4 is 10.3 Å². The molecule has 3 rings (SSSR count). The lowest BCUT2D eigenvalue weighted by Gasteiger charge is -2.28. The van der Waals surface area contributed by atoms with E-state index in [1.165, 1.54) is 28.1 Å². The van der Waals surface area contributed by atoms with Crippen molar-refractivity contribution in [2.45, 2.75) is 17.9 Å². The summed E-state index contributed by atoms with van der Waals surface area (Å²) < 4.78 is 47.1. The van der Waals surface area contributed by atoms with Crippen LogP contribution in [0.1, 0.15) is 11.1 Å². The highest BCUT2D eigenvalue weighted by molar-refractivity contribution is 7.89. The Kier molecular flexibility index (Phi) is 4.18. The number of sulfonamides is 1. The molecule has 8 heteroatoms. The quantitative estimate of drug-likeness (QED) is 0.835. The lowest BCUT2D eigenvalue weighted by atomic mass is 10.0. The predicted molar refractivity (Wildman–Crippen MR) is 85.9 cm³/mol. The summed E-state index contributed by atoms with van der Waals surface area (Å²) in [4.78, 5) is 11.5. The van der Waals surface area contributed by atoms with Crippen molar-refractivity contribution < 1.29 is 17.5 Å². The molecule has 128 valence electrons. The van der Waals surface area contributed by atoms with E-state index in [-0.39, 0.29) is 29.3 Å². The summed E-state index contributed by atoms with van der Waals surface area (Å²) in [5.41, 5.74) is 1.48. The number of fused-ring (bicyclic) bond motifs is 1. The van der Waals surface area contributed by atoms with Gasteiger partial charge in [0.1, 0.15) is 16.5 Å². The van der Waals surface area contributed by atoms with Crippen LogP contribution in [0.4, 0.5) is 4.39 Å². The number of methoxy groups -OCH3 is 1. The largest absolute Gasteiger partial charge is 0.495 e. The number of benzene rings is 1. The van der Waals surface area contributed by atoms with Gasteiger partial charge in [-0.1, -0.05) is 0 Å². The summed E-state index contributed by atoms with van der Waals surface area (Å²) in [6, 6.07) is 4.94. The predicted octanol–water partition coefficient (Wildman–Crippen LogP) is 1.28. The molecule has 0 aliphatic carbocycles. The first-order valence-electron chi connectivity index (χ1n) is 7.35. The molecule has 0 spiro atoms. The molecule has 24 heavy (non-hydrogen) atoms. The zero-order valence-corrected chi connectivity index (χ0v) is 14.1. The number of pyridine rings is 1. The van der Waals surface area contributed by atoms with Crippen LogP contribution in [0.3, 0.4) is 0 Å². The summed E-state index contributed by atoms with van der Waals surface area (Å²) in [5, 5.41) is 0. The summed E-state index contributed by atoms with van der Waals surface area (Å²) in [5.74, 6) is -0.545. The van der Waals surface area contributed by atoms with Crippen LogP contribution in [-0.4, -0.2) is 30.9 Å². The van der Waals surface area contributed by atoms with E-state index >= 15 is 0 Å². The summed E-state index contributed by atoms with van der Waals surface area (Å²) in [7, 11) is -0.954. The first kappa shape index (κ1) is 16.7. The minimum atomic E-state index is -3.91. The Morgan fingerprint density at radius 1 is 1.21 bits per heavy atom. The molecule has 1 aliphatic rings. The van der Waals surface area contributed by atoms with Gasteiger partial charge in [0.05, 0.1) is 7.11 Å². The van der Waals surface area contributed by atoms with Crippen LogP contribution in [-0.2, 0) is 30.0 Å². The molecular formula is C16H17FN2O4S. The number of rotatable bonds is 3. The minimum absolute atomic E-state index is 0.0997. The average Bonchev–Trinajstić information content (AvgIpc) is 2.55. The summed E-state index contributed by atoms with van der Waals surface area (Å²) in [6.45, 7) is 0.355. The topological polar surface area (TPSA) is 68.6 Å². The van der Waals surface area contributed by atoms with Gasteiger partial charge in [-0.2, -0.15) is 4.31 Å². The molecule has 0 bridgehead atoms. The molecule has 0 amide bonds. The molecule has 6 nitrogen and oxygen atoms in total. The van der Waals surface area contributed by atoms with Crippen molar-refractivity contribution in [1.82, 2.24) is 8.87 Å². The molecule has 0 saturated heterocycles. The molecule has 0 radical (unpaired) electrons. The second-order valence-corrected chi connectivity index (χ2v) is 7.56. The molecule has 1 aromatic carbocycles. The summed E-state index contributed by atoms with van der Waals surface area (Å²) >= 11 is 0. The summed E-state index contributed by atoms with van der Waals surface area (Å²) in [6.07, 6.45) is 2.07. The van der Waals surface area contributed by atoms with Crippen LogP contribution >= 0.6 is 0 Å². The normalized spacial score (nSPS) is 15.1. The Bertz CT molecular complexity index is 953. The van der Waals surface area contributed by atoms with Crippen molar-refractivity contribution in [2.75, 3.05) is 13.7 Å². The lowest BCUT2D eigenvalue weighted by molar-refractivity contribution is 0.375. The second-order valence-electron chi connectivity index (χ2n) is 5.66. The van der Waals surface area contributed by atoms with Crippen molar-refractivity contribution >= 4 is 10.0 Å². The smallest absolute Gasteiger partial charge is 0.250 e. The average molecular weight is 352 g/mol. The highest BCUT2D eigenvalue weighted by Gasteiger charge is 2.31. The molecule has 1 aromatic heterocycles. The molecule has 0 N–H and O–H groups in total. The number of ether oxygens (including phenoxy) is 1. The van der Waals surface area contributed by atoms with Gasteiger partial charge in [0.15, 0.2) is 0 Å². The fourth-order valence-corrected chi connectivity index (χ4v) is 4.40. The fraction of sp³-hybridized carbons (Fsp3) is 0.312. The Labute approximate surface area is 139 Å². The Morgan fingerprint density at radius 3 is 2.67 bits per heavy atom. The Morgan fingerprint density at radius 2 is 1.96 bits per heavy atom. The standard InChI is InChI=1S/C16H17FN2O4S/c1-18-9-12-10-19(6-5-11(12)7-16(18)20)24(21,22)15-8-13(17)3-4-14(15)23-2/h3-4,7-9H,5-6,10H2,1-2H3. The molecule has 2 heterocycles. The van der Waals surface area contributed by atoms with Gasteiger partial charge in [-0.05, 0) is 35.7 Å². The van der Waals surface area contributed by atoms with Gasteiger partial charge >= 0.3 is 0 Å².